The third-order valence-electron chi connectivity index (χ3n) is 3.62. The number of carbonyl (C=O) groups excluding carboxylic acids is 1. The van der Waals surface area contributed by atoms with E-state index in [2.05, 4.69) is 10.3 Å². The van der Waals surface area contributed by atoms with Gasteiger partial charge in [0.1, 0.15) is 4.33 Å². The number of carbonyl (C=O) groups is 1. The lowest BCUT2D eigenvalue weighted by Gasteiger charge is -2.12. The second-order valence-corrected chi connectivity index (χ2v) is 6.59. The number of hydrogen-bond donors (Lipinski definition) is 1. The van der Waals surface area contributed by atoms with Gasteiger partial charge in [-0.2, -0.15) is 0 Å². The van der Waals surface area contributed by atoms with Gasteiger partial charge in [-0.15, -0.1) is 23.2 Å². The minimum Gasteiger partial charge on any atom is -0.444 e. The van der Waals surface area contributed by atoms with Gasteiger partial charge in [-0.25, -0.2) is 4.98 Å². The van der Waals surface area contributed by atoms with E-state index >= 15 is 0 Å². The Hall–Kier alpha value is -1.52. The highest BCUT2D eigenvalue weighted by Gasteiger charge is 2.67. The first-order valence-corrected chi connectivity index (χ1v) is 6.86. The van der Waals surface area contributed by atoms with Crippen molar-refractivity contribution in [3.8, 4) is 11.3 Å². The Labute approximate surface area is 126 Å². The maximum absolute atomic E-state index is 12.1. The topological polar surface area (TPSA) is 55.1 Å². The van der Waals surface area contributed by atoms with Crippen LogP contribution in [0.5, 0.6) is 0 Å². The van der Waals surface area contributed by atoms with E-state index in [0.29, 0.717) is 17.9 Å². The first-order chi connectivity index (χ1) is 9.42. The van der Waals surface area contributed by atoms with Crippen molar-refractivity contribution in [2.24, 2.45) is 5.41 Å². The van der Waals surface area contributed by atoms with E-state index in [1.54, 1.807) is 25.3 Å². The average molecular weight is 311 g/mol. The molecule has 6 heteroatoms. The smallest absolute Gasteiger partial charge is 0.233 e. The molecule has 3 rings (SSSR count). The zero-order valence-electron chi connectivity index (χ0n) is 10.7. The molecule has 1 aliphatic carbocycles. The van der Waals surface area contributed by atoms with Gasteiger partial charge >= 0.3 is 0 Å². The fraction of sp³-hybridized carbons (Fsp3) is 0.286. The van der Waals surface area contributed by atoms with E-state index in [4.69, 9.17) is 27.6 Å². The second-order valence-electron chi connectivity index (χ2n) is 5.11. The first-order valence-electron chi connectivity index (χ1n) is 6.11. The summed E-state index contributed by atoms with van der Waals surface area (Å²) in [5.41, 5.74) is 0.859. The molecule has 1 aliphatic rings. The summed E-state index contributed by atoms with van der Waals surface area (Å²) in [4.78, 5) is 16.0. The Morgan fingerprint density at radius 3 is 2.50 bits per heavy atom. The summed E-state index contributed by atoms with van der Waals surface area (Å²) in [5, 5.41) is 2.82. The molecule has 1 aromatic carbocycles. The molecule has 4 nitrogen and oxygen atoms in total. The van der Waals surface area contributed by atoms with Crippen molar-refractivity contribution in [3.05, 3.63) is 36.9 Å². The lowest BCUT2D eigenvalue weighted by atomic mass is 10.1. The average Bonchev–Trinajstić information content (AvgIpc) is 2.83. The van der Waals surface area contributed by atoms with Crippen molar-refractivity contribution in [3.63, 3.8) is 0 Å². The van der Waals surface area contributed by atoms with Gasteiger partial charge in [0.05, 0.1) is 11.6 Å². The zero-order chi connectivity index (χ0) is 14.4. The molecule has 1 heterocycles. The number of aromatic nitrogens is 1. The number of oxazole rings is 1. The van der Waals surface area contributed by atoms with Crippen molar-refractivity contribution in [2.75, 3.05) is 5.32 Å². The molecule has 104 valence electrons. The molecule has 1 aromatic heterocycles. The molecule has 1 atom stereocenters. The molecule has 0 saturated heterocycles. The number of nitrogens with zero attached hydrogens (tertiary/aromatic N) is 1. The highest BCUT2D eigenvalue weighted by molar-refractivity contribution is 6.53. The van der Waals surface area contributed by atoms with Gasteiger partial charge in [-0.05, 0) is 37.6 Å². The summed E-state index contributed by atoms with van der Waals surface area (Å²) >= 11 is 12.0. The van der Waals surface area contributed by atoms with Crippen LogP contribution >= 0.6 is 23.2 Å². The number of benzene rings is 1. The van der Waals surface area contributed by atoms with Crippen LogP contribution in [0.15, 0.2) is 41.3 Å². The van der Waals surface area contributed by atoms with Gasteiger partial charge in [-0.3, -0.25) is 4.79 Å². The minimum absolute atomic E-state index is 0.171. The standard InChI is InChI=1S/C14H12Cl2N2O2/c1-13(7-14(13,15)16)12(19)18-10-4-2-9(3-5-10)11-6-17-8-20-11/h2-6,8H,7H2,1H3,(H,18,19)/t13-/m1/s1. The first kappa shape index (κ1) is 13.5. The molecule has 1 saturated carbocycles. The lowest BCUT2D eigenvalue weighted by Crippen LogP contribution is -2.25. The van der Waals surface area contributed by atoms with Gasteiger partial charge in [0.2, 0.25) is 5.91 Å². The van der Waals surface area contributed by atoms with Gasteiger partial charge in [0.25, 0.3) is 0 Å². The fourth-order valence-electron chi connectivity index (χ4n) is 1.99. The van der Waals surface area contributed by atoms with Crippen molar-refractivity contribution in [2.45, 2.75) is 17.7 Å². The number of alkyl halides is 2. The molecule has 2 aromatic rings. The SMILES string of the molecule is C[C@]1(C(=O)Nc2ccc(-c3cnco3)cc2)CC1(Cl)Cl. The molecule has 1 fully saturated rings. The normalized spacial score (nSPS) is 23.4. The molecule has 0 spiro atoms. The number of nitrogens with one attached hydrogen (secondary N) is 1. The molecule has 1 N–H and O–H groups in total. The second kappa shape index (κ2) is 4.50. The minimum atomic E-state index is -0.961. The maximum Gasteiger partial charge on any atom is 0.233 e. The Morgan fingerprint density at radius 2 is 2.00 bits per heavy atom. The van der Waals surface area contributed by atoms with Crippen LogP contribution in [-0.2, 0) is 4.79 Å². The van der Waals surface area contributed by atoms with E-state index in [1.807, 2.05) is 12.1 Å². The van der Waals surface area contributed by atoms with Crippen molar-refractivity contribution in [1.29, 1.82) is 0 Å². The highest BCUT2D eigenvalue weighted by atomic mass is 35.5. The fourth-order valence-corrected chi connectivity index (χ4v) is 2.70. The van der Waals surface area contributed by atoms with Gasteiger partial charge < -0.3 is 9.73 Å². The van der Waals surface area contributed by atoms with Gasteiger partial charge in [0.15, 0.2) is 12.2 Å². The summed E-state index contributed by atoms with van der Waals surface area (Å²) in [6.45, 7) is 1.76. The number of halogens is 2. The zero-order valence-corrected chi connectivity index (χ0v) is 12.2. The van der Waals surface area contributed by atoms with Gasteiger partial charge in [0, 0.05) is 11.3 Å². The Bertz CT molecular complexity index is 638. The van der Waals surface area contributed by atoms with E-state index in [0.717, 1.165) is 5.56 Å². The third-order valence-corrected chi connectivity index (χ3v) is 4.72. The van der Waals surface area contributed by atoms with E-state index in [-0.39, 0.29) is 5.91 Å². The van der Waals surface area contributed by atoms with Crippen molar-refractivity contribution < 1.29 is 9.21 Å². The lowest BCUT2D eigenvalue weighted by molar-refractivity contribution is -0.120. The maximum atomic E-state index is 12.1. The van der Waals surface area contributed by atoms with E-state index < -0.39 is 9.75 Å². The van der Waals surface area contributed by atoms with Crippen LogP contribution in [0.2, 0.25) is 0 Å². The van der Waals surface area contributed by atoms with Crippen LogP contribution < -0.4 is 5.32 Å². The van der Waals surface area contributed by atoms with E-state index in [9.17, 15) is 4.79 Å². The predicted molar refractivity (Wildman–Crippen MR) is 77.7 cm³/mol. The van der Waals surface area contributed by atoms with Crippen LogP contribution in [0.4, 0.5) is 5.69 Å². The molecule has 20 heavy (non-hydrogen) atoms. The summed E-state index contributed by atoms with van der Waals surface area (Å²) in [6.07, 6.45) is 3.47. The molecule has 0 radical (unpaired) electrons. The summed E-state index contributed by atoms with van der Waals surface area (Å²) in [7, 11) is 0. The van der Waals surface area contributed by atoms with Gasteiger partial charge in [-0.1, -0.05) is 0 Å². The third kappa shape index (κ3) is 2.19. The number of hydrogen-bond acceptors (Lipinski definition) is 3. The summed E-state index contributed by atoms with van der Waals surface area (Å²) < 4.78 is 4.24. The van der Waals surface area contributed by atoms with Crippen LogP contribution in [0.1, 0.15) is 13.3 Å². The number of amides is 1. The largest absolute Gasteiger partial charge is 0.444 e. The van der Waals surface area contributed by atoms with Crippen LogP contribution in [0.25, 0.3) is 11.3 Å². The quantitative estimate of drug-likeness (QED) is 0.876. The van der Waals surface area contributed by atoms with Crippen LogP contribution in [0.3, 0.4) is 0 Å². The highest BCUT2D eigenvalue weighted by Crippen LogP contribution is 2.64. The molecular weight excluding hydrogens is 299 g/mol. The Kier molecular flexibility index (Phi) is 3.03. The Balaban J connectivity index is 1.72. The van der Waals surface area contributed by atoms with E-state index in [1.165, 1.54) is 6.39 Å². The Morgan fingerprint density at radius 1 is 1.35 bits per heavy atom. The van der Waals surface area contributed by atoms with Crippen molar-refractivity contribution in [1.82, 2.24) is 4.98 Å². The summed E-state index contributed by atoms with van der Waals surface area (Å²) in [6, 6.07) is 7.29. The molecule has 0 aliphatic heterocycles. The molecule has 1 amide bonds. The molecule has 0 unspecified atom stereocenters. The molecule has 0 bridgehead atoms. The monoisotopic (exact) mass is 310 g/mol. The predicted octanol–water partition coefficient (Wildman–Crippen LogP) is 3.86. The van der Waals surface area contributed by atoms with Crippen LogP contribution in [-0.4, -0.2) is 15.2 Å². The van der Waals surface area contributed by atoms with Crippen LogP contribution in [0, 0.1) is 5.41 Å². The summed E-state index contributed by atoms with van der Waals surface area (Å²) in [5.74, 6) is 0.507. The molecular formula is C14H12Cl2N2O2. The number of rotatable bonds is 3. The van der Waals surface area contributed by atoms with Crippen molar-refractivity contribution >= 4 is 34.8 Å². The number of anilines is 1.